The van der Waals surface area contributed by atoms with E-state index < -0.39 is 6.03 Å². The Balaban J connectivity index is 1.10. The highest BCUT2D eigenvalue weighted by molar-refractivity contribution is 7.19. The first-order valence-electron chi connectivity index (χ1n) is 15.0. The van der Waals surface area contributed by atoms with Crippen LogP contribution in [-0.4, -0.2) is 38.2 Å². The van der Waals surface area contributed by atoms with Gasteiger partial charge in [0, 0.05) is 30.8 Å². The molecule has 2 N–H and O–H groups in total. The molecular weight excluding hydrogens is 586 g/mol. The third-order valence-electron chi connectivity index (χ3n) is 7.40. The highest BCUT2D eigenvalue weighted by Gasteiger charge is 2.24. The van der Waals surface area contributed by atoms with E-state index in [4.69, 9.17) is 9.84 Å². The Kier molecular flexibility index (Phi) is 8.61. The molecule has 0 radical (unpaired) electrons. The third kappa shape index (κ3) is 6.88. The number of nitrogens with one attached hydrogen (secondary N) is 2. The number of aryl methyl sites for hydroxylation is 2. The summed E-state index contributed by atoms with van der Waals surface area (Å²) in [5.41, 5.74) is 5.17. The van der Waals surface area contributed by atoms with Crippen LogP contribution in [0.25, 0.3) is 16.1 Å². The summed E-state index contributed by atoms with van der Waals surface area (Å²) in [7, 11) is 0. The Morgan fingerprint density at radius 1 is 1.00 bits per heavy atom. The average Bonchev–Trinajstić information content (AvgIpc) is 3.75. The molecule has 10 nitrogen and oxygen atoms in total. The summed E-state index contributed by atoms with van der Waals surface area (Å²) in [6, 6.07) is 19.0. The molecular formula is C34H35N7O3S. The predicted molar refractivity (Wildman–Crippen MR) is 178 cm³/mol. The molecule has 0 spiro atoms. The molecule has 5 aromatic rings. The number of anilines is 3. The van der Waals surface area contributed by atoms with Gasteiger partial charge in [-0.2, -0.15) is 5.10 Å². The van der Waals surface area contributed by atoms with E-state index in [0.29, 0.717) is 35.5 Å². The van der Waals surface area contributed by atoms with Crippen LogP contribution in [0.4, 0.5) is 21.4 Å². The summed E-state index contributed by atoms with van der Waals surface area (Å²) in [5, 5.41) is 11.4. The molecule has 3 amide bonds. The number of ether oxygens (including phenoxy) is 1. The van der Waals surface area contributed by atoms with Gasteiger partial charge in [0.25, 0.3) is 0 Å². The van der Waals surface area contributed by atoms with Gasteiger partial charge >= 0.3 is 6.03 Å². The molecule has 4 heterocycles. The standard InChI is InChI=1S/C34H35N7O3S/c1-21(2)16-25-18-30(41(39-25)28-9-6-5-8-22(28)3)38-33(43)37-26-17-23(4)32(35-19-26)44-27-13-11-24(12-14-27)29-20-36-34(45-29)40-15-7-10-31(40)42/h5-6,8-9,11-14,17-21H,7,10,15-16H2,1-4H3,(H2,37,38,43). The summed E-state index contributed by atoms with van der Waals surface area (Å²) in [4.78, 5) is 36.8. The lowest BCUT2D eigenvalue weighted by Gasteiger charge is -2.13. The van der Waals surface area contributed by atoms with Crippen LogP contribution in [0.5, 0.6) is 11.6 Å². The van der Waals surface area contributed by atoms with Gasteiger partial charge in [0.2, 0.25) is 11.8 Å². The van der Waals surface area contributed by atoms with Crippen LogP contribution in [0.1, 0.15) is 43.5 Å². The number of thiazole rings is 1. The van der Waals surface area contributed by atoms with E-state index in [1.54, 1.807) is 22.0 Å². The zero-order chi connectivity index (χ0) is 31.5. The van der Waals surface area contributed by atoms with Gasteiger partial charge in [0.05, 0.1) is 28.1 Å². The summed E-state index contributed by atoms with van der Waals surface area (Å²) >= 11 is 1.51. The van der Waals surface area contributed by atoms with Gasteiger partial charge < -0.3 is 10.1 Å². The van der Waals surface area contributed by atoms with Crippen molar-refractivity contribution in [1.29, 1.82) is 0 Å². The van der Waals surface area contributed by atoms with Crippen molar-refractivity contribution in [2.45, 2.75) is 47.0 Å². The normalized spacial score (nSPS) is 13.0. The maximum Gasteiger partial charge on any atom is 0.324 e. The van der Waals surface area contributed by atoms with Crippen LogP contribution in [-0.2, 0) is 11.2 Å². The second-order valence-electron chi connectivity index (χ2n) is 11.5. The number of pyridine rings is 1. The number of hydrogen-bond donors (Lipinski definition) is 2. The van der Waals surface area contributed by atoms with Gasteiger partial charge in [-0.25, -0.2) is 19.4 Å². The van der Waals surface area contributed by atoms with Crippen LogP contribution in [0.3, 0.4) is 0 Å². The van der Waals surface area contributed by atoms with Crippen molar-refractivity contribution in [3.8, 4) is 27.8 Å². The van der Waals surface area contributed by atoms with E-state index in [1.807, 2.05) is 74.5 Å². The summed E-state index contributed by atoms with van der Waals surface area (Å²) < 4.78 is 7.83. The fourth-order valence-corrected chi connectivity index (χ4v) is 6.18. The number of hydrogen-bond acceptors (Lipinski definition) is 7. The average molecular weight is 622 g/mol. The molecule has 0 saturated carbocycles. The van der Waals surface area contributed by atoms with Gasteiger partial charge in [-0.05, 0) is 80.1 Å². The first-order chi connectivity index (χ1) is 21.7. The minimum Gasteiger partial charge on any atom is -0.439 e. The molecule has 1 aliphatic heterocycles. The van der Waals surface area contributed by atoms with Crippen LogP contribution in [0, 0.1) is 19.8 Å². The number of para-hydroxylation sites is 1. The first kappa shape index (κ1) is 30.0. The third-order valence-corrected chi connectivity index (χ3v) is 8.47. The quantitative estimate of drug-likeness (QED) is 0.174. The van der Waals surface area contributed by atoms with Crippen molar-refractivity contribution in [3.05, 3.63) is 89.9 Å². The lowest BCUT2D eigenvalue weighted by atomic mass is 10.1. The minimum absolute atomic E-state index is 0.130. The molecule has 0 unspecified atom stereocenters. The van der Waals surface area contributed by atoms with Crippen LogP contribution in [0.15, 0.2) is 73.1 Å². The van der Waals surface area contributed by atoms with Crippen molar-refractivity contribution in [2.75, 3.05) is 22.1 Å². The number of carbonyl (C=O) groups excluding carboxylic acids is 2. The number of nitrogens with zero attached hydrogens (tertiary/aromatic N) is 5. The zero-order valence-electron chi connectivity index (χ0n) is 25.7. The van der Waals surface area contributed by atoms with Gasteiger partial charge in [-0.3, -0.25) is 15.0 Å². The molecule has 1 saturated heterocycles. The highest BCUT2D eigenvalue weighted by atomic mass is 32.1. The summed E-state index contributed by atoms with van der Waals surface area (Å²) in [6.07, 6.45) is 5.62. The van der Waals surface area contributed by atoms with E-state index >= 15 is 0 Å². The summed E-state index contributed by atoms with van der Waals surface area (Å²) in [6.45, 7) is 8.91. The Bertz CT molecular complexity index is 1840. The number of benzene rings is 2. The SMILES string of the molecule is Cc1ccccc1-n1nc(CC(C)C)cc1NC(=O)Nc1cnc(Oc2ccc(-c3cnc(N4CCCC4=O)s3)cc2)c(C)c1. The van der Waals surface area contributed by atoms with Crippen molar-refractivity contribution in [2.24, 2.45) is 5.92 Å². The lowest BCUT2D eigenvalue weighted by molar-refractivity contribution is -0.117. The fourth-order valence-electron chi connectivity index (χ4n) is 5.21. The summed E-state index contributed by atoms with van der Waals surface area (Å²) in [5.74, 6) is 2.22. The lowest BCUT2D eigenvalue weighted by Crippen LogP contribution is -2.23. The molecule has 2 aromatic carbocycles. The van der Waals surface area contributed by atoms with Crippen LogP contribution >= 0.6 is 11.3 Å². The zero-order valence-corrected chi connectivity index (χ0v) is 26.5. The first-order valence-corrected chi connectivity index (χ1v) is 15.8. The second-order valence-corrected chi connectivity index (χ2v) is 12.5. The molecule has 0 bridgehead atoms. The molecule has 1 fully saturated rings. The molecule has 11 heteroatoms. The number of amides is 3. The smallest absolute Gasteiger partial charge is 0.324 e. The Hall–Kier alpha value is -5.03. The van der Waals surface area contributed by atoms with E-state index in [9.17, 15) is 9.59 Å². The van der Waals surface area contributed by atoms with E-state index in [1.165, 1.54) is 11.3 Å². The maximum atomic E-state index is 13.1. The number of urea groups is 1. The Morgan fingerprint density at radius 3 is 2.51 bits per heavy atom. The topological polar surface area (TPSA) is 114 Å². The van der Waals surface area contributed by atoms with Crippen LogP contribution < -0.4 is 20.3 Å². The monoisotopic (exact) mass is 621 g/mol. The highest BCUT2D eigenvalue weighted by Crippen LogP contribution is 2.34. The molecule has 230 valence electrons. The van der Waals surface area contributed by atoms with E-state index in [2.05, 4.69) is 34.4 Å². The Morgan fingerprint density at radius 2 is 1.80 bits per heavy atom. The molecule has 1 aliphatic rings. The van der Waals surface area contributed by atoms with Crippen LogP contribution in [0.2, 0.25) is 0 Å². The number of carbonyl (C=O) groups is 2. The van der Waals surface area contributed by atoms with Gasteiger partial charge in [0.15, 0.2) is 5.13 Å². The maximum absolute atomic E-state index is 13.1. The fraction of sp³-hybridized carbons (Fsp3) is 0.265. The van der Waals surface area contributed by atoms with Crippen molar-refractivity contribution >= 4 is 39.9 Å². The predicted octanol–water partition coefficient (Wildman–Crippen LogP) is 7.77. The minimum atomic E-state index is -0.397. The largest absolute Gasteiger partial charge is 0.439 e. The number of aromatic nitrogens is 4. The number of rotatable bonds is 9. The molecule has 0 aliphatic carbocycles. The van der Waals surface area contributed by atoms with Crippen molar-refractivity contribution < 1.29 is 14.3 Å². The molecule has 3 aromatic heterocycles. The van der Waals surface area contributed by atoms with E-state index in [0.717, 1.165) is 57.5 Å². The van der Waals surface area contributed by atoms with Gasteiger partial charge in [0.1, 0.15) is 11.6 Å². The molecule has 0 atom stereocenters. The van der Waals surface area contributed by atoms with Gasteiger partial charge in [-0.1, -0.05) is 43.4 Å². The van der Waals surface area contributed by atoms with Crippen molar-refractivity contribution in [1.82, 2.24) is 19.7 Å². The second kappa shape index (κ2) is 12.9. The Labute approximate surface area is 266 Å². The van der Waals surface area contributed by atoms with Crippen molar-refractivity contribution in [3.63, 3.8) is 0 Å². The molecule has 6 rings (SSSR count). The molecule has 45 heavy (non-hydrogen) atoms. The van der Waals surface area contributed by atoms with E-state index in [-0.39, 0.29) is 5.91 Å². The van der Waals surface area contributed by atoms with Gasteiger partial charge in [-0.15, -0.1) is 0 Å².